The summed E-state index contributed by atoms with van der Waals surface area (Å²) >= 11 is 0. The van der Waals surface area contributed by atoms with Crippen LogP contribution in [0.15, 0.2) is 33.7 Å². The van der Waals surface area contributed by atoms with E-state index in [-0.39, 0.29) is 12.0 Å². The maximum atomic E-state index is 13.2. The maximum Gasteiger partial charge on any atom is 0.243 e. The Bertz CT molecular complexity index is 840. The van der Waals surface area contributed by atoms with Crippen molar-refractivity contribution in [3.63, 3.8) is 0 Å². The summed E-state index contributed by atoms with van der Waals surface area (Å²) in [5.74, 6) is 1.03. The third kappa shape index (κ3) is 3.00. The van der Waals surface area contributed by atoms with E-state index in [4.69, 9.17) is 4.52 Å². The number of sulfonamides is 1. The lowest BCUT2D eigenvalue weighted by molar-refractivity contribution is 0.338. The molecular weight excluding hydrogens is 324 g/mol. The Balaban J connectivity index is 1.98. The van der Waals surface area contributed by atoms with E-state index in [2.05, 4.69) is 5.16 Å². The van der Waals surface area contributed by atoms with Gasteiger partial charge in [0, 0.05) is 18.5 Å². The lowest BCUT2D eigenvalue weighted by Crippen LogP contribution is -2.31. The number of aromatic nitrogens is 1. The molecule has 0 amide bonds. The fraction of sp³-hybridized carbons (Fsp3) is 0.500. The van der Waals surface area contributed by atoms with Crippen LogP contribution in [0.5, 0.6) is 0 Å². The molecule has 1 atom stereocenters. The van der Waals surface area contributed by atoms with Crippen LogP contribution in [0.1, 0.15) is 61.2 Å². The second-order valence-electron chi connectivity index (χ2n) is 6.85. The van der Waals surface area contributed by atoms with Gasteiger partial charge in [0.05, 0.1) is 10.9 Å². The van der Waals surface area contributed by atoms with Crippen molar-refractivity contribution in [3.05, 3.63) is 46.8 Å². The maximum absolute atomic E-state index is 13.2. The molecule has 0 spiro atoms. The van der Waals surface area contributed by atoms with E-state index in [1.165, 1.54) is 0 Å². The smallest absolute Gasteiger partial charge is 0.243 e. The van der Waals surface area contributed by atoms with Crippen LogP contribution in [0.25, 0.3) is 0 Å². The van der Waals surface area contributed by atoms with Crippen molar-refractivity contribution < 1.29 is 12.9 Å². The normalized spacial score (nSPS) is 19.3. The first-order chi connectivity index (χ1) is 11.3. The Morgan fingerprint density at radius 1 is 1.25 bits per heavy atom. The van der Waals surface area contributed by atoms with Crippen LogP contribution >= 0.6 is 0 Å². The van der Waals surface area contributed by atoms with Crippen molar-refractivity contribution in [1.29, 1.82) is 0 Å². The molecular formula is C18H24N2O3S. The molecule has 1 fully saturated rings. The Kier molecular flexibility index (Phi) is 4.53. The first kappa shape index (κ1) is 17.2. The molecule has 6 heteroatoms. The fourth-order valence-corrected chi connectivity index (χ4v) is 5.15. The summed E-state index contributed by atoms with van der Waals surface area (Å²) in [5, 5.41) is 4.14. The third-order valence-electron chi connectivity index (χ3n) is 4.59. The zero-order valence-corrected chi connectivity index (χ0v) is 15.4. The summed E-state index contributed by atoms with van der Waals surface area (Å²) in [6.45, 7) is 8.33. The molecule has 0 radical (unpaired) electrons. The highest BCUT2D eigenvalue weighted by molar-refractivity contribution is 7.89. The molecule has 5 nitrogen and oxygen atoms in total. The van der Waals surface area contributed by atoms with Gasteiger partial charge in [0.1, 0.15) is 11.5 Å². The molecule has 1 aromatic heterocycles. The summed E-state index contributed by atoms with van der Waals surface area (Å²) in [4.78, 5) is 0.391. The summed E-state index contributed by atoms with van der Waals surface area (Å²) in [7, 11) is -3.55. The van der Waals surface area contributed by atoms with E-state index in [0.29, 0.717) is 17.1 Å². The van der Waals surface area contributed by atoms with Crippen LogP contribution in [0.3, 0.4) is 0 Å². The highest BCUT2D eigenvalue weighted by Gasteiger charge is 2.38. The summed E-state index contributed by atoms with van der Waals surface area (Å²) in [5.41, 5.74) is 2.43. The zero-order valence-electron chi connectivity index (χ0n) is 14.6. The number of hydrogen-bond acceptors (Lipinski definition) is 4. The van der Waals surface area contributed by atoms with Crippen molar-refractivity contribution in [2.45, 2.75) is 57.4 Å². The van der Waals surface area contributed by atoms with Crippen molar-refractivity contribution >= 4 is 10.0 Å². The molecule has 0 N–H and O–H groups in total. The number of rotatable bonds is 4. The SMILES string of the molecule is Cc1ccc(C)c(S(=O)(=O)N2CCC[C@H]2c2cc(C(C)C)on2)c1. The molecule has 130 valence electrons. The number of benzene rings is 1. The van der Waals surface area contributed by atoms with Crippen molar-refractivity contribution in [1.82, 2.24) is 9.46 Å². The van der Waals surface area contributed by atoms with Crippen molar-refractivity contribution in [2.24, 2.45) is 0 Å². The molecule has 2 aromatic rings. The van der Waals surface area contributed by atoms with Gasteiger partial charge in [-0.2, -0.15) is 4.31 Å². The lowest BCUT2D eigenvalue weighted by atomic mass is 10.1. The standard InChI is InChI=1S/C18H24N2O3S/c1-12(2)17-11-15(19-23-17)16-6-5-9-20(16)24(21,22)18-10-13(3)7-8-14(18)4/h7-8,10-12,16H,5-6,9H2,1-4H3/t16-/m0/s1. The van der Waals surface area contributed by atoms with Gasteiger partial charge in [-0.3, -0.25) is 0 Å². The van der Waals surface area contributed by atoms with E-state index >= 15 is 0 Å². The highest BCUT2D eigenvalue weighted by Crippen LogP contribution is 2.37. The topological polar surface area (TPSA) is 63.4 Å². The predicted molar refractivity (Wildman–Crippen MR) is 92.4 cm³/mol. The largest absolute Gasteiger partial charge is 0.361 e. The molecule has 1 aromatic carbocycles. The minimum atomic E-state index is -3.55. The number of hydrogen-bond donors (Lipinski definition) is 0. The van der Waals surface area contributed by atoms with Crippen molar-refractivity contribution in [3.8, 4) is 0 Å². The average molecular weight is 348 g/mol. The Hall–Kier alpha value is -1.66. The van der Waals surface area contributed by atoms with Crippen LogP contribution in [0, 0.1) is 13.8 Å². The average Bonchev–Trinajstić information content (AvgIpc) is 3.17. The van der Waals surface area contributed by atoms with Crippen LogP contribution in [-0.2, 0) is 10.0 Å². The summed E-state index contributed by atoms with van der Waals surface area (Å²) < 4.78 is 33.4. The molecule has 1 aliphatic heterocycles. The molecule has 0 bridgehead atoms. The van der Waals surface area contributed by atoms with E-state index in [0.717, 1.165) is 29.7 Å². The molecule has 1 aliphatic rings. The quantitative estimate of drug-likeness (QED) is 0.839. The van der Waals surface area contributed by atoms with Gasteiger partial charge < -0.3 is 4.52 Å². The number of aryl methyl sites for hydroxylation is 2. The molecule has 2 heterocycles. The van der Waals surface area contributed by atoms with Gasteiger partial charge >= 0.3 is 0 Å². The predicted octanol–water partition coefficient (Wildman–Crippen LogP) is 3.94. The Morgan fingerprint density at radius 2 is 2.00 bits per heavy atom. The van der Waals surface area contributed by atoms with E-state index in [9.17, 15) is 8.42 Å². The van der Waals surface area contributed by atoms with E-state index < -0.39 is 10.0 Å². The molecule has 0 saturated carbocycles. The highest BCUT2D eigenvalue weighted by atomic mass is 32.2. The molecule has 1 saturated heterocycles. The Morgan fingerprint density at radius 3 is 2.67 bits per heavy atom. The summed E-state index contributed by atoms with van der Waals surface area (Å²) in [6, 6.07) is 7.20. The third-order valence-corrected chi connectivity index (χ3v) is 6.64. The first-order valence-electron chi connectivity index (χ1n) is 8.36. The van der Waals surface area contributed by atoms with Crippen molar-refractivity contribution in [2.75, 3.05) is 6.54 Å². The van der Waals surface area contributed by atoms with Gasteiger partial charge in [-0.15, -0.1) is 0 Å². The van der Waals surface area contributed by atoms with Gasteiger partial charge in [-0.05, 0) is 43.9 Å². The van der Waals surface area contributed by atoms with Crippen LogP contribution in [0.4, 0.5) is 0 Å². The number of nitrogens with zero attached hydrogens (tertiary/aromatic N) is 2. The molecule has 24 heavy (non-hydrogen) atoms. The minimum Gasteiger partial charge on any atom is -0.361 e. The second kappa shape index (κ2) is 6.33. The van der Waals surface area contributed by atoms with Gasteiger partial charge in [-0.25, -0.2) is 8.42 Å². The van der Waals surface area contributed by atoms with Gasteiger partial charge in [0.25, 0.3) is 0 Å². The molecule has 0 aliphatic carbocycles. The van der Waals surface area contributed by atoms with E-state index in [1.807, 2.05) is 45.9 Å². The Labute approximate surface area is 143 Å². The van der Waals surface area contributed by atoms with E-state index in [1.54, 1.807) is 10.4 Å². The second-order valence-corrected chi connectivity index (χ2v) is 8.71. The van der Waals surface area contributed by atoms with Crippen LogP contribution < -0.4 is 0 Å². The molecule has 0 unspecified atom stereocenters. The fourth-order valence-electron chi connectivity index (χ4n) is 3.17. The van der Waals surface area contributed by atoms with Crippen LogP contribution in [0.2, 0.25) is 0 Å². The minimum absolute atomic E-state index is 0.233. The molecule has 3 rings (SSSR count). The van der Waals surface area contributed by atoms with Gasteiger partial charge in [0.2, 0.25) is 10.0 Å². The van der Waals surface area contributed by atoms with Gasteiger partial charge in [0.15, 0.2) is 0 Å². The lowest BCUT2D eigenvalue weighted by Gasteiger charge is -2.23. The monoisotopic (exact) mass is 348 g/mol. The first-order valence-corrected chi connectivity index (χ1v) is 9.80. The van der Waals surface area contributed by atoms with Gasteiger partial charge in [-0.1, -0.05) is 31.1 Å². The summed E-state index contributed by atoms with van der Waals surface area (Å²) in [6.07, 6.45) is 1.60. The van der Waals surface area contributed by atoms with Crippen LogP contribution in [-0.4, -0.2) is 24.4 Å². The zero-order chi connectivity index (χ0) is 17.5.